The Morgan fingerprint density at radius 2 is 2.26 bits per heavy atom. The molecule has 8 nitrogen and oxygen atoms in total. The lowest BCUT2D eigenvalue weighted by Gasteiger charge is -2.22. The highest BCUT2D eigenvalue weighted by atomic mass is 32.2. The molecular formula is C17H31N5O3S2. The molecular weight excluding hydrogens is 386 g/mol. The number of thiazole rings is 1. The van der Waals surface area contributed by atoms with Crippen LogP contribution in [-0.2, 0) is 21.2 Å². The van der Waals surface area contributed by atoms with Gasteiger partial charge in [-0.05, 0) is 33.1 Å². The van der Waals surface area contributed by atoms with Crippen LogP contribution in [0, 0.1) is 6.92 Å². The number of sulfonamides is 1. The highest BCUT2D eigenvalue weighted by molar-refractivity contribution is 7.89. The average Bonchev–Trinajstić information content (AvgIpc) is 3.06. The van der Waals surface area contributed by atoms with Gasteiger partial charge in [0, 0.05) is 43.7 Å². The van der Waals surface area contributed by atoms with Crippen LogP contribution < -0.4 is 15.4 Å². The summed E-state index contributed by atoms with van der Waals surface area (Å²) in [6, 6.07) is 0. The van der Waals surface area contributed by atoms with Crippen molar-refractivity contribution in [3.8, 4) is 0 Å². The second-order valence-electron chi connectivity index (χ2n) is 6.46. The van der Waals surface area contributed by atoms with Crippen LogP contribution in [0.15, 0.2) is 11.2 Å². The Kier molecular flexibility index (Phi) is 9.46. The fourth-order valence-corrected chi connectivity index (χ4v) is 4.39. The largest absolute Gasteiger partial charge is 0.377 e. The summed E-state index contributed by atoms with van der Waals surface area (Å²) in [4.78, 5) is 9.89. The van der Waals surface area contributed by atoms with Crippen molar-refractivity contribution in [2.24, 2.45) is 4.99 Å². The first-order chi connectivity index (χ1) is 13.0. The smallest absolute Gasteiger partial charge is 0.213 e. The third-order valence-electron chi connectivity index (χ3n) is 4.08. The van der Waals surface area contributed by atoms with Gasteiger partial charge in [-0.25, -0.2) is 18.1 Å². The van der Waals surface area contributed by atoms with Gasteiger partial charge in [-0.2, -0.15) is 0 Å². The molecule has 2 heterocycles. The molecule has 1 aromatic rings. The molecule has 0 saturated carbocycles. The van der Waals surface area contributed by atoms with Crippen LogP contribution in [0.2, 0.25) is 0 Å². The Bertz CT molecular complexity index is 684. The summed E-state index contributed by atoms with van der Waals surface area (Å²) in [6.45, 7) is 6.69. The van der Waals surface area contributed by atoms with Crippen LogP contribution >= 0.6 is 11.3 Å². The summed E-state index contributed by atoms with van der Waals surface area (Å²) in [5.74, 6) is 0.582. The second kappa shape index (κ2) is 11.6. The maximum Gasteiger partial charge on any atom is 0.213 e. The van der Waals surface area contributed by atoms with E-state index in [4.69, 9.17) is 4.74 Å². The minimum Gasteiger partial charge on any atom is -0.377 e. The molecule has 0 aliphatic carbocycles. The Hall–Kier alpha value is -1.23. The molecule has 3 N–H and O–H groups in total. The Labute approximate surface area is 166 Å². The minimum atomic E-state index is -3.35. The Balaban J connectivity index is 1.71. The van der Waals surface area contributed by atoms with E-state index in [0.717, 1.165) is 37.3 Å². The number of aromatic nitrogens is 1. The number of nitrogens with one attached hydrogen (secondary N) is 3. The van der Waals surface area contributed by atoms with Gasteiger partial charge in [-0.15, -0.1) is 11.3 Å². The Morgan fingerprint density at radius 3 is 2.93 bits per heavy atom. The van der Waals surface area contributed by atoms with Crippen LogP contribution in [0.1, 0.15) is 36.1 Å². The van der Waals surface area contributed by atoms with Crippen molar-refractivity contribution in [1.82, 2.24) is 20.3 Å². The van der Waals surface area contributed by atoms with Gasteiger partial charge in [0.05, 0.1) is 23.4 Å². The number of guanidine groups is 1. The van der Waals surface area contributed by atoms with E-state index in [1.807, 2.05) is 20.0 Å². The zero-order valence-corrected chi connectivity index (χ0v) is 17.8. The summed E-state index contributed by atoms with van der Waals surface area (Å²) in [5.41, 5.74) is 0. The number of aryl methyl sites for hydroxylation is 1. The first-order valence-corrected chi connectivity index (χ1v) is 12.0. The van der Waals surface area contributed by atoms with E-state index in [9.17, 15) is 8.42 Å². The van der Waals surface area contributed by atoms with Crippen molar-refractivity contribution < 1.29 is 13.2 Å². The van der Waals surface area contributed by atoms with Gasteiger partial charge in [0.1, 0.15) is 0 Å². The third-order valence-corrected chi connectivity index (χ3v) is 6.38. The Morgan fingerprint density at radius 1 is 1.41 bits per heavy atom. The number of rotatable bonds is 10. The lowest BCUT2D eigenvalue weighted by molar-refractivity contribution is 0.0200. The first kappa shape index (κ1) is 22.1. The molecule has 1 atom stereocenters. The van der Waals surface area contributed by atoms with Crippen molar-refractivity contribution >= 4 is 27.3 Å². The van der Waals surface area contributed by atoms with Gasteiger partial charge in [0.15, 0.2) is 5.96 Å². The maximum atomic E-state index is 12.1. The molecule has 0 radical (unpaired) electrons. The fraction of sp³-hybridized carbons (Fsp3) is 0.765. The summed E-state index contributed by atoms with van der Waals surface area (Å²) in [7, 11) is -3.35. The molecule has 0 amide bonds. The summed E-state index contributed by atoms with van der Waals surface area (Å²) < 4.78 is 32.4. The molecule has 1 unspecified atom stereocenters. The lowest BCUT2D eigenvalue weighted by atomic mass is 10.1. The monoisotopic (exact) mass is 417 g/mol. The predicted molar refractivity (Wildman–Crippen MR) is 110 cm³/mol. The number of aliphatic imine (C=N–C) groups is 1. The third kappa shape index (κ3) is 9.00. The van der Waals surface area contributed by atoms with Crippen molar-refractivity contribution in [2.75, 3.05) is 38.5 Å². The molecule has 1 aliphatic rings. The quantitative estimate of drug-likeness (QED) is 0.388. The highest BCUT2D eigenvalue weighted by Gasteiger charge is 2.17. The standard InChI is InChI=1S/C17H31N5O3S2/c1-3-18-17(19-8-7-16-21-12-14(2)26-16)20-9-11-27(23,24)22-13-15-6-4-5-10-25-15/h12,15,22H,3-11,13H2,1-2H3,(H2,18,19,20). The van der Waals surface area contributed by atoms with E-state index in [2.05, 4.69) is 25.3 Å². The zero-order chi connectivity index (χ0) is 19.5. The van der Waals surface area contributed by atoms with Crippen molar-refractivity contribution in [3.05, 3.63) is 16.1 Å². The normalized spacial score (nSPS) is 18.4. The van der Waals surface area contributed by atoms with Crippen LogP contribution in [0.4, 0.5) is 0 Å². The summed E-state index contributed by atoms with van der Waals surface area (Å²) in [5, 5.41) is 7.43. The molecule has 27 heavy (non-hydrogen) atoms. The summed E-state index contributed by atoms with van der Waals surface area (Å²) in [6.07, 6.45) is 5.73. The SMILES string of the molecule is CCNC(=NCCS(=O)(=O)NCC1CCCCO1)NCCc1ncc(C)s1. The molecule has 1 aliphatic heterocycles. The van der Waals surface area contributed by atoms with Gasteiger partial charge in [0.2, 0.25) is 10.0 Å². The number of nitrogens with zero attached hydrogens (tertiary/aromatic N) is 2. The molecule has 10 heteroatoms. The van der Waals surface area contributed by atoms with Crippen molar-refractivity contribution in [3.63, 3.8) is 0 Å². The minimum absolute atomic E-state index is 0.00879. The maximum absolute atomic E-state index is 12.1. The van der Waals surface area contributed by atoms with E-state index in [1.165, 1.54) is 4.88 Å². The molecule has 154 valence electrons. The average molecular weight is 418 g/mol. The van der Waals surface area contributed by atoms with E-state index in [1.54, 1.807) is 11.3 Å². The second-order valence-corrected chi connectivity index (χ2v) is 9.70. The number of hydrogen-bond acceptors (Lipinski definition) is 6. The van der Waals surface area contributed by atoms with Gasteiger partial charge in [-0.1, -0.05) is 0 Å². The molecule has 1 aromatic heterocycles. The van der Waals surface area contributed by atoms with E-state index >= 15 is 0 Å². The van der Waals surface area contributed by atoms with E-state index < -0.39 is 10.0 Å². The fourth-order valence-electron chi connectivity index (χ4n) is 2.68. The predicted octanol–water partition coefficient (Wildman–Crippen LogP) is 1.04. The number of hydrogen-bond donors (Lipinski definition) is 3. The van der Waals surface area contributed by atoms with Crippen LogP contribution in [0.3, 0.4) is 0 Å². The molecule has 0 spiro atoms. The van der Waals surface area contributed by atoms with Gasteiger partial charge < -0.3 is 15.4 Å². The zero-order valence-electron chi connectivity index (χ0n) is 16.2. The summed E-state index contributed by atoms with van der Waals surface area (Å²) >= 11 is 1.68. The van der Waals surface area contributed by atoms with Crippen molar-refractivity contribution in [2.45, 2.75) is 45.6 Å². The van der Waals surface area contributed by atoms with Gasteiger partial charge in [-0.3, -0.25) is 4.99 Å². The topological polar surface area (TPSA) is 105 Å². The highest BCUT2D eigenvalue weighted by Crippen LogP contribution is 2.12. The molecule has 0 bridgehead atoms. The first-order valence-electron chi connectivity index (χ1n) is 9.51. The molecule has 1 fully saturated rings. The van der Waals surface area contributed by atoms with Crippen LogP contribution in [-0.4, -0.2) is 64.0 Å². The van der Waals surface area contributed by atoms with Crippen LogP contribution in [0.25, 0.3) is 0 Å². The number of ether oxygens (including phenoxy) is 1. The van der Waals surface area contributed by atoms with Gasteiger partial charge >= 0.3 is 0 Å². The van der Waals surface area contributed by atoms with Crippen LogP contribution in [0.5, 0.6) is 0 Å². The van der Waals surface area contributed by atoms with E-state index in [0.29, 0.717) is 25.6 Å². The lowest BCUT2D eigenvalue weighted by Crippen LogP contribution is -2.39. The van der Waals surface area contributed by atoms with E-state index in [-0.39, 0.29) is 18.4 Å². The molecule has 2 rings (SSSR count). The van der Waals surface area contributed by atoms with Gasteiger partial charge in [0.25, 0.3) is 0 Å². The van der Waals surface area contributed by atoms with Crippen molar-refractivity contribution in [1.29, 1.82) is 0 Å². The molecule has 1 saturated heterocycles. The molecule has 0 aromatic carbocycles.